The first-order valence-electron chi connectivity index (χ1n) is 37.0. The average Bonchev–Trinajstić information content (AvgIpc) is 1.58. The fourth-order valence-electron chi connectivity index (χ4n) is 13.0. The molecule has 10 N–H and O–H groups in total. The molecule has 586 valence electrons. The molecule has 0 bridgehead atoms. The first-order valence-corrected chi connectivity index (χ1v) is 37.7. The molecular weight excluding hydrogens is 1550 g/mol. The number of carbonyl (C=O) groups excluding carboxylic acids is 2. The third kappa shape index (κ3) is 23.0. The number of rotatable bonds is 29. The largest absolute Gasteiger partial charge is 1.00 e. The van der Waals surface area contributed by atoms with E-state index >= 15 is 8.78 Å². The summed E-state index contributed by atoms with van der Waals surface area (Å²) >= 11 is 3.66. The summed E-state index contributed by atoms with van der Waals surface area (Å²) in [4.78, 5) is 35.1. The van der Waals surface area contributed by atoms with Crippen LogP contribution >= 0.6 is 28.3 Å². The number of carboxylic acid groups (broad SMARTS) is 1. The first-order chi connectivity index (χ1) is 53.4. The molecule has 3 aromatic heterocycles. The molecule has 3 fully saturated rings. The normalized spacial score (nSPS) is 12.7. The summed E-state index contributed by atoms with van der Waals surface area (Å²) in [6.45, 7) is 8.15. The SMILES string of the molecule is CCOC(=O)Cc1ccccc1OCc1cc(-c2cccc(CN)c2F)c2cnn(CC3CC3)c2c1.CCOC(=O)Cc1ccccc1OCc1cc(Br)c2cnn(CC3CC3)c2c1.Cl.NCc1cccc(-c2cc(COc3ccccc3CC(=O)O)cc3c2cnn3CC2CC2)c1F.NCc1cccc(B(O)O)c1F.[Na+].[OH-]. The smallest absolute Gasteiger partial charge is 0.870 e. The van der Waals surface area contributed by atoms with Gasteiger partial charge in [-0.15, -0.1) is 12.4 Å². The molecule has 28 heteroatoms. The van der Waals surface area contributed by atoms with Gasteiger partial charge in [-0.25, -0.2) is 13.2 Å². The summed E-state index contributed by atoms with van der Waals surface area (Å²) in [5, 5.41) is 43.3. The first kappa shape index (κ1) is 87.5. The number of nitrogens with two attached hydrogens (primary N) is 3. The molecule has 3 aliphatic rings. The number of aromatic nitrogens is 6. The Labute approximate surface area is 690 Å². The average molecular weight is 1640 g/mol. The predicted molar refractivity (Wildman–Crippen MR) is 429 cm³/mol. The van der Waals surface area contributed by atoms with Crippen molar-refractivity contribution in [1.29, 1.82) is 0 Å². The predicted octanol–water partition coefficient (Wildman–Crippen LogP) is 11.4. The Balaban J connectivity index is 0.000000180. The number of hydrogen-bond acceptors (Lipinski definition) is 17. The van der Waals surface area contributed by atoms with Gasteiger partial charge in [-0.05, 0) is 153 Å². The van der Waals surface area contributed by atoms with Gasteiger partial charge in [0.1, 0.15) is 54.5 Å². The molecule has 15 rings (SSSR count). The third-order valence-electron chi connectivity index (χ3n) is 19.3. The standard InChI is InChI=1S/C29H30FN3O3.C27H26FN3O3.C22H23BrN2O3.C7H9BFNO2.ClH.Na.H2O/c1-2-35-28(34)14-21-6-3-4-9-27(21)36-18-20-12-24(23-8-5-7-22(15-31)29(23)30)25-16-32-33(26(25)13-20)17-19-10-11-19;28-27-20(13-29)5-3-6-21(27)22-10-18(11-24-23(22)14-30-31(24)15-17-8-9-17)16-34-25-7-2-1-4-19(25)12-26(32)33;1-2-27-22(26)11-17-5-3-4-6-21(17)28-14-16-9-19(23)18-12-24-25(20(18)10-16)13-15-7-8-15;9-7-5(4-10)2-1-3-6(7)8(11)12;;;/h3-9,12-13,16,19H,2,10-11,14-15,17-18,31H2,1H3;1-7,10-11,14,17H,8-9,12-13,15-16,29H2,(H,32,33);3-6,9-10,12,15H,2,7-8,11,13-14H2,1H3;1-3,11-12H,4,10H2;1H;;1H2/q;;;;;+1;/p-1. The number of carbonyl (C=O) groups is 3. The molecule has 0 amide bonds. The van der Waals surface area contributed by atoms with Crippen molar-refractivity contribution in [1.82, 2.24) is 29.3 Å². The Hall–Kier alpha value is -9.42. The van der Waals surface area contributed by atoms with E-state index in [0.717, 1.165) is 102 Å². The summed E-state index contributed by atoms with van der Waals surface area (Å²) in [5.74, 6) is 1.15. The topological polar surface area (TPSA) is 320 Å². The van der Waals surface area contributed by atoms with Crippen molar-refractivity contribution in [2.24, 2.45) is 35.0 Å². The maximum Gasteiger partial charge on any atom is 1.00 e. The van der Waals surface area contributed by atoms with Gasteiger partial charge in [-0.1, -0.05) is 125 Å². The molecule has 113 heavy (non-hydrogen) atoms. The van der Waals surface area contributed by atoms with Crippen molar-refractivity contribution in [2.75, 3.05) is 13.2 Å². The van der Waals surface area contributed by atoms with Crippen LogP contribution < -0.4 is 66.4 Å². The number of carboxylic acids is 1. The van der Waals surface area contributed by atoms with Crippen LogP contribution in [-0.4, -0.2) is 88.2 Å². The molecule has 0 spiro atoms. The zero-order valence-electron chi connectivity index (χ0n) is 63.2. The maximum atomic E-state index is 15.4. The number of para-hydroxylation sites is 3. The molecule has 3 aliphatic carbocycles. The summed E-state index contributed by atoms with van der Waals surface area (Å²) < 4.78 is 79.3. The van der Waals surface area contributed by atoms with Crippen LogP contribution in [0.15, 0.2) is 187 Å². The van der Waals surface area contributed by atoms with E-state index in [1.165, 1.54) is 56.7 Å². The molecular formula is C85H90BBrClF3N9NaO12. The number of hydrogen-bond donors (Lipinski definition) is 6. The minimum absolute atomic E-state index is 0. The summed E-state index contributed by atoms with van der Waals surface area (Å²) in [7, 11) is -1.78. The van der Waals surface area contributed by atoms with E-state index in [1.54, 1.807) is 55.6 Å². The van der Waals surface area contributed by atoms with Crippen molar-refractivity contribution in [3.05, 3.63) is 254 Å². The van der Waals surface area contributed by atoms with Crippen molar-refractivity contribution >= 4 is 91.5 Å². The molecule has 0 atom stereocenters. The van der Waals surface area contributed by atoms with E-state index in [0.29, 0.717) is 76.7 Å². The summed E-state index contributed by atoms with van der Waals surface area (Å²) in [6, 6.07) is 49.3. The van der Waals surface area contributed by atoms with Crippen LogP contribution in [0.3, 0.4) is 0 Å². The number of fused-ring (bicyclic) bond motifs is 3. The van der Waals surface area contributed by atoms with Crippen LogP contribution in [0.5, 0.6) is 17.2 Å². The molecule has 0 aliphatic heterocycles. The zero-order chi connectivity index (χ0) is 77.4. The maximum absolute atomic E-state index is 15.4. The van der Waals surface area contributed by atoms with Crippen LogP contribution in [-0.2, 0) is 102 Å². The fourth-order valence-corrected chi connectivity index (χ4v) is 13.6. The van der Waals surface area contributed by atoms with Crippen molar-refractivity contribution < 1.29 is 101 Å². The Morgan fingerprint density at radius 3 is 1.17 bits per heavy atom. The van der Waals surface area contributed by atoms with Gasteiger partial charge in [0, 0.05) is 110 Å². The van der Waals surface area contributed by atoms with Gasteiger partial charge >= 0.3 is 54.6 Å². The van der Waals surface area contributed by atoms with Crippen LogP contribution in [0.4, 0.5) is 13.2 Å². The van der Waals surface area contributed by atoms with Gasteiger partial charge in [-0.3, -0.25) is 28.4 Å². The number of ether oxygens (including phenoxy) is 5. The van der Waals surface area contributed by atoms with Crippen LogP contribution in [0.25, 0.3) is 55.0 Å². The third-order valence-corrected chi connectivity index (χ3v) is 20.0. The fraction of sp³-hybridized carbons (Fsp3) is 0.294. The molecule has 3 heterocycles. The van der Waals surface area contributed by atoms with E-state index in [4.69, 9.17) is 50.9 Å². The van der Waals surface area contributed by atoms with E-state index in [-0.39, 0.29) is 134 Å². The quantitative estimate of drug-likeness (QED) is 0.0187. The van der Waals surface area contributed by atoms with E-state index < -0.39 is 18.9 Å². The number of benzene rings is 9. The van der Waals surface area contributed by atoms with Gasteiger partial charge in [0.2, 0.25) is 0 Å². The second-order valence-corrected chi connectivity index (χ2v) is 28.4. The number of aliphatic carboxylic acids is 1. The van der Waals surface area contributed by atoms with Crippen LogP contribution in [0.2, 0.25) is 0 Å². The molecule has 9 aromatic carbocycles. The van der Waals surface area contributed by atoms with Crippen LogP contribution in [0.1, 0.15) is 102 Å². The second-order valence-electron chi connectivity index (χ2n) is 27.6. The van der Waals surface area contributed by atoms with Gasteiger partial charge in [0.05, 0.1) is 67.6 Å². The van der Waals surface area contributed by atoms with Gasteiger partial charge in [-0.2, -0.15) is 15.3 Å². The van der Waals surface area contributed by atoms with E-state index in [2.05, 4.69) is 54.1 Å². The van der Waals surface area contributed by atoms with E-state index in [1.807, 2.05) is 114 Å². The van der Waals surface area contributed by atoms with E-state index in [9.17, 15) is 23.9 Å². The van der Waals surface area contributed by atoms with Gasteiger partial charge in [0.15, 0.2) is 0 Å². The van der Waals surface area contributed by atoms with Crippen molar-refractivity contribution in [2.45, 2.75) is 131 Å². The second kappa shape index (κ2) is 41.6. The van der Waals surface area contributed by atoms with Gasteiger partial charge < -0.3 is 61.5 Å². The number of nitrogens with zero attached hydrogens (tertiary/aromatic N) is 6. The molecule has 3 saturated carbocycles. The minimum Gasteiger partial charge on any atom is -0.870 e. The Morgan fingerprint density at radius 1 is 0.469 bits per heavy atom. The molecule has 21 nitrogen and oxygen atoms in total. The van der Waals surface area contributed by atoms with Crippen molar-refractivity contribution in [3.8, 4) is 39.5 Å². The Bertz CT molecular complexity index is 5250. The zero-order valence-corrected chi connectivity index (χ0v) is 67.6. The van der Waals surface area contributed by atoms with Crippen LogP contribution in [0, 0.1) is 35.2 Å². The number of halogens is 5. The number of esters is 2. The minimum atomic E-state index is -1.78. The molecule has 12 aromatic rings. The summed E-state index contributed by atoms with van der Waals surface area (Å²) in [5.41, 5.74) is 28.3. The Morgan fingerprint density at radius 2 is 0.805 bits per heavy atom. The van der Waals surface area contributed by atoms with Gasteiger partial charge in [0.25, 0.3) is 0 Å². The molecule has 0 saturated heterocycles. The molecule has 0 radical (unpaired) electrons. The molecule has 0 unspecified atom stereocenters. The van der Waals surface area contributed by atoms with Crippen molar-refractivity contribution in [3.63, 3.8) is 0 Å². The monoisotopic (exact) mass is 1630 g/mol. The summed E-state index contributed by atoms with van der Waals surface area (Å²) in [6.07, 6.45) is 13.2. The Kier molecular flexibility index (Phi) is 32.2.